The van der Waals surface area contributed by atoms with E-state index in [0.717, 1.165) is 16.9 Å². The van der Waals surface area contributed by atoms with E-state index in [1.165, 1.54) is 0 Å². The van der Waals surface area contributed by atoms with E-state index in [4.69, 9.17) is 4.74 Å². The number of benzene rings is 3. The van der Waals surface area contributed by atoms with Gasteiger partial charge in [0.15, 0.2) is 0 Å². The summed E-state index contributed by atoms with van der Waals surface area (Å²) in [6.45, 7) is 0.591. The van der Waals surface area contributed by atoms with Crippen molar-refractivity contribution >= 4 is 5.91 Å². The topological polar surface area (TPSA) is 29.5 Å². The summed E-state index contributed by atoms with van der Waals surface area (Å²) in [5, 5.41) is 0. The molecule has 0 radical (unpaired) electrons. The first-order valence-electron chi connectivity index (χ1n) is 8.44. The van der Waals surface area contributed by atoms with Crippen molar-refractivity contribution < 1.29 is 9.53 Å². The van der Waals surface area contributed by atoms with Crippen molar-refractivity contribution in [2.75, 3.05) is 0 Å². The van der Waals surface area contributed by atoms with Gasteiger partial charge in [-0.25, -0.2) is 0 Å². The zero-order valence-corrected chi connectivity index (χ0v) is 13.8. The SMILES string of the molecule is O=C1[C@@H](Oc2ccccc2)[C@H](c2ccccc2)N1Cc1ccccc1. The Morgan fingerprint density at radius 3 is 1.96 bits per heavy atom. The van der Waals surface area contributed by atoms with E-state index in [-0.39, 0.29) is 11.9 Å². The van der Waals surface area contributed by atoms with Gasteiger partial charge in [-0.3, -0.25) is 4.79 Å². The van der Waals surface area contributed by atoms with Gasteiger partial charge in [0.25, 0.3) is 5.91 Å². The van der Waals surface area contributed by atoms with Crippen LogP contribution in [-0.4, -0.2) is 16.9 Å². The Bertz CT molecular complexity index is 782. The molecule has 1 saturated heterocycles. The van der Waals surface area contributed by atoms with Gasteiger partial charge in [-0.05, 0) is 23.3 Å². The van der Waals surface area contributed by atoms with E-state index in [0.29, 0.717) is 6.54 Å². The number of para-hydroxylation sites is 1. The summed E-state index contributed by atoms with van der Waals surface area (Å²) in [5.74, 6) is 0.753. The van der Waals surface area contributed by atoms with Crippen LogP contribution in [0.15, 0.2) is 91.0 Å². The molecule has 4 rings (SSSR count). The van der Waals surface area contributed by atoms with Crippen LogP contribution >= 0.6 is 0 Å². The predicted octanol–water partition coefficient (Wildman–Crippen LogP) is 4.22. The lowest BCUT2D eigenvalue weighted by molar-refractivity contribution is -0.165. The van der Waals surface area contributed by atoms with Crippen molar-refractivity contribution in [3.63, 3.8) is 0 Å². The number of ether oxygens (including phenoxy) is 1. The second-order valence-corrected chi connectivity index (χ2v) is 6.16. The smallest absolute Gasteiger partial charge is 0.267 e. The minimum atomic E-state index is -0.478. The highest BCUT2D eigenvalue weighted by Crippen LogP contribution is 2.38. The van der Waals surface area contributed by atoms with E-state index < -0.39 is 6.10 Å². The molecule has 3 aromatic carbocycles. The zero-order chi connectivity index (χ0) is 17.1. The van der Waals surface area contributed by atoms with Crippen LogP contribution in [0, 0.1) is 0 Å². The number of likely N-dealkylation sites (tertiary alicyclic amines) is 1. The summed E-state index contributed by atoms with van der Waals surface area (Å²) in [5.41, 5.74) is 2.22. The van der Waals surface area contributed by atoms with Gasteiger partial charge in [0.1, 0.15) is 11.8 Å². The minimum Gasteiger partial charge on any atom is -0.478 e. The summed E-state index contributed by atoms with van der Waals surface area (Å²) < 4.78 is 6.01. The standard InChI is InChI=1S/C22H19NO2/c24-22-21(25-19-14-8-3-9-15-19)20(18-12-6-2-7-13-18)23(22)16-17-10-4-1-5-11-17/h1-15,20-21H,16H2/t20-,21-/m0/s1. The number of carbonyl (C=O) groups excluding carboxylic acids is 1. The lowest BCUT2D eigenvalue weighted by Crippen LogP contribution is -2.60. The molecule has 1 aliphatic heterocycles. The van der Waals surface area contributed by atoms with E-state index in [1.807, 2.05) is 83.8 Å². The van der Waals surface area contributed by atoms with Crippen LogP contribution < -0.4 is 4.74 Å². The summed E-state index contributed by atoms with van der Waals surface area (Å²) in [4.78, 5) is 14.6. The Kier molecular flexibility index (Phi) is 4.21. The van der Waals surface area contributed by atoms with Gasteiger partial charge in [-0.1, -0.05) is 78.9 Å². The second kappa shape index (κ2) is 6.81. The highest BCUT2D eigenvalue weighted by molar-refractivity contribution is 5.89. The maximum atomic E-state index is 12.8. The average Bonchev–Trinajstić information content (AvgIpc) is 2.69. The molecular formula is C22H19NO2. The number of hydrogen-bond donors (Lipinski definition) is 0. The maximum absolute atomic E-state index is 12.8. The van der Waals surface area contributed by atoms with Gasteiger partial charge in [0.05, 0.1) is 0 Å². The minimum absolute atomic E-state index is 0.0292. The third-order valence-electron chi connectivity index (χ3n) is 4.49. The lowest BCUT2D eigenvalue weighted by Gasteiger charge is -2.46. The normalized spacial score (nSPS) is 19.4. The van der Waals surface area contributed by atoms with Gasteiger partial charge in [0, 0.05) is 6.54 Å². The van der Waals surface area contributed by atoms with Crippen LogP contribution in [0.4, 0.5) is 0 Å². The van der Waals surface area contributed by atoms with Crippen LogP contribution in [-0.2, 0) is 11.3 Å². The summed E-state index contributed by atoms with van der Waals surface area (Å²) in [6, 6.07) is 29.6. The highest BCUT2D eigenvalue weighted by Gasteiger charge is 2.49. The van der Waals surface area contributed by atoms with Crippen molar-refractivity contribution in [1.29, 1.82) is 0 Å². The Morgan fingerprint density at radius 1 is 0.760 bits per heavy atom. The molecule has 2 atom stereocenters. The molecule has 3 heteroatoms. The summed E-state index contributed by atoms with van der Waals surface area (Å²) in [6.07, 6.45) is -0.478. The number of β-lactam (4-membered cyclic amide) rings is 1. The number of amides is 1. The van der Waals surface area contributed by atoms with E-state index in [9.17, 15) is 4.79 Å². The molecule has 1 amide bonds. The summed E-state index contributed by atoms with van der Waals surface area (Å²) in [7, 11) is 0. The van der Waals surface area contributed by atoms with Crippen molar-refractivity contribution in [1.82, 2.24) is 4.90 Å². The molecule has 3 aromatic rings. The van der Waals surface area contributed by atoms with Crippen LogP contribution in [0.3, 0.4) is 0 Å². The van der Waals surface area contributed by atoms with Crippen molar-refractivity contribution in [3.05, 3.63) is 102 Å². The first kappa shape index (κ1) is 15.5. The van der Waals surface area contributed by atoms with Crippen molar-refractivity contribution in [2.45, 2.75) is 18.7 Å². The first-order valence-corrected chi connectivity index (χ1v) is 8.44. The van der Waals surface area contributed by atoms with E-state index in [1.54, 1.807) is 0 Å². The maximum Gasteiger partial charge on any atom is 0.267 e. The monoisotopic (exact) mass is 329 g/mol. The van der Waals surface area contributed by atoms with Crippen LogP contribution in [0.5, 0.6) is 5.75 Å². The van der Waals surface area contributed by atoms with Crippen LogP contribution in [0.25, 0.3) is 0 Å². The number of hydrogen-bond acceptors (Lipinski definition) is 2. The number of nitrogens with zero attached hydrogens (tertiary/aromatic N) is 1. The Morgan fingerprint density at radius 2 is 1.32 bits per heavy atom. The second-order valence-electron chi connectivity index (χ2n) is 6.16. The third-order valence-corrected chi connectivity index (χ3v) is 4.49. The fourth-order valence-electron chi connectivity index (χ4n) is 3.24. The number of rotatable bonds is 5. The predicted molar refractivity (Wildman–Crippen MR) is 97.0 cm³/mol. The van der Waals surface area contributed by atoms with E-state index >= 15 is 0 Å². The van der Waals surface area contributed by atoms with Crippen LogP contribution in [0.2, 0.25) is 0 Å². The Balaban J connectivity index is 1.60. The molecule has 0 bridgehead atoms. The molecule has 0 aromatic heterocycles. The van der Waals surface area contributed by atoms with Crippen molar-refractivity contribution in [2.24, 2.45) is 0 Å². The zero-order valence-electron chi connectivity index (χ0n) is 13.8. The molecule has 3 nitrogen and oxygen atoms in total. The molecule has 0 aliphatic carbocycles. The fraction of sp³-hybridized carbons (Fsp3) is 0.136. The van der Waals surface area contributed by atoms with Gasteiger partial charge in [0.2, 0.25) is 6.10 Å². The molecule has 0 spiro atoms. The highest BCUT2D eigenvalue weighted by atomic mass is 16.5. The molecule has 1 aliphatic rings. The molecule has 0 N–H and O–H groups in total. The fourth-order valence-corrected chi connectivity index (χ4v) is 3.24. The van der Waals surface area contributed by atoms with Crippen molar-refractivity contribution in [3.8, 4) is 5.75 Å². The van der Waals surface area contributed by atoms with E-state index in [2.05, 4.69) is 12.1 Å². The van der Waals surface area contributed by atoms with Gasteiger partial charge < -0.3 is 9.64 Å². The molecular weight excluding hydrogens is 310 g/mol. The van der Waals surface area contributed by atoms with Gasteiger partial charge >= 0.3 is 0 Å². The van der Waals surface area contributed by atoms with Gasteiger partial charge in [-0.2, -0.15) is 0 Å². The molecule has 124 valence electrons. The van der Waals surface area contributed by atoms with Crippen LogP contribution in [0.1, 0.15) is 17.2 Å². The molecule has 0 unspecified atom stereocenters. The molecule has 25 heavy (non-hydrogen) atoms. The lowest BCUT2D eigenvalue weighted by atomic mass is 9.90. The van der Waals surface area contributed by atoms with Gasteiger partial charge in [-0.15, -0.1) is 0 Å². The summed E-state index contributed by atoms with van der Waals surface area (Å²) >= 11 is 0. The molecule has 0 saturated carbocycles. The third kappa shape index (κ3) is 3.13. The molecule has 1 heterocycles. The first-order chi connectivity index (χ1) is 12.3. The average molecular weight is 329 g/mol. The Hall–Kier alpha value is -3.07. The Labute approximate surface area is 147 Å². The molecule has 1 fully saturated rings. The largest absolute Gasteiger partial charge is 0.478 e. The number of carbonyl (C=O) groups is 1. The quantitative estimate of drug-likeness (QED) is 0.656.